The average molecular weight is 420 g/mol. The van der Waals surface area contributed by atoms with Gasteiger partial charge < -0.3 is 4.90 Å². The van der Waals surface area contributed by atoms with Crippen LogP contribution in [-0.4, -0.2) is 43.1 Å². The number of rotatable bonds is 20. The van der Waals surface area contributed by atoms with E-state index in [2.05, 4.69) is 6.92 Å². The van der Waals surface area contributed by atoms with E-state index < -0.39 is 10.1 Å². The maximum absolute atomic E-state index is 12.0. The third-order valence-electron chi connectivity index (χ3n) is 5.32. The topological polar surface area (TPSA) is 74.7 Å². The van der Waals surface area contributed by atoms with Gasteiger partial charge in [-0.1, -0.05) is 90.4 Å². The molecule has 0 aliphatic rings. The molecule has 5 nitrogen and oxygen atoms in total. The number of amides is 1. The highest BCUT2D eigenvalue weighted by Crippen LogP contribution is 2.13. The minimum Gasteiger partial charge on any atom is -0.346 e. The Morgan fingerprint density at radius 3 is 1.57 bits per heavy atom. The highest BCUT2D eigenvalue weighted by Gasteiger charge is 2.09. The number of nitrogens with zero attached hydrogens (tertiary/aromatic N) is 1. The van der Waals surface area contributed by atoms with Crippen LogP contribution in [0.1, 0.15) is 116 Å². The zero-order valence-electron chi connectivity index (χ0n) is 18.5. The Morgan fingerprint density at radius 2 is 1.14 bits per heavy atom. The molecule has 28 heavy (non-hydrogen) atoms. The van der Waals surface area contributed by atoms with Gasteiger partial charge in [-0.25, -0.2) is 0 Å². The summed E-state index contributed by atoms with van der Waals surface area (Å²) < 4.78 is 30.0. The van der Waals surface area contributed by atoms with E-state index in [4.69, 9.17) is 4.55 Å². The third kappa shape index (κ3) is 20.1. The van der Waals surface area contributed by atoms with Crippen molar-refractivity contribution in [3.63, 3.8) is 0 Å². The minimum atomic E-state index is -3.88. The number of hydrogen-bond donors (Lipinski definition) is 1. The fourth-order valence-corrected chi connectivity index (χ4v) is 3.99. The van der Waals surface area contributed by atoms with Crippen molar-refractivity contribution in [2.45, 2.75) is 116 Å². The first kappa shape index (κ1) is 27.4. The lowest BCUT2D eigenvalue weighted by atomic mass is 10.0. The van der Waals surface area contributed by atoms with Gasteiger partial charge in [0.2, 0.25) is 5.91 Å². The number of hydrogen-bond acceptors (Lipinski definition) is 3. The quantitative estimate of drug-likeness (QED) is 0.194. The molecule has 0 atom stereocenters. The summed E-state index contributed by atoms with van der Waals surface area (Å²) in [5.74, 6) is -0.0978. The first-order valence-corrected chi connectivity index (χ1v) is 13.2. The van der Waals surface area contributed by atoms with Gasteiger partial charge in [0.15, 0.2) is 0 Å². The fraction of sp³-hybridized carbons (Fsp3) is 0.955. The van der Waals surface area contributed by atoms with Gasteiger partial charge in [-0.3, -0.25) is 9.35 Å². The second-order valence-corrected chi connectivity index (χ2v) is 9.73. The molecular formula is C22H45NO4S. The Hall–Kier alpha value is -0.620. The lowest BCUT2D eigenvalue weighted by Crippen LogP contribution is -2.27. The van der Waals surface area contributed by atoms with Crippen molar-refractivity contribution >= 4 is 16.0 Å². The molecule has 0 fully saturated rings. The van der Waals surface area contributed by atoms with E-state index in [1.54, 1.807) is 11.9 Å². The summed E-state index contributed by atoms with van der Waals surface area (Å²) in [6, 6.07) is 0. The summed E-state index contributed by atoms with van der Waals surface area (Å²) in [6.45, 7) is 2.81. The Morgan fingerprint density at radius 1 is 0.714 bits per heavy atom. The Bertz CT molecular complexity index is 465. The maximum atomic E-state index is 12.0. The summed E-state index contributed by atoms with van der Waals surface area (Å²) in [5, 5.41) is 0. The summed E-state index contributed by atoms with van der Waals surface area (Å²) in [6.07, 6.45) is 19.8. The summed E-state index contributed by atoms with van der Waals surface area (Å²) in [5.41, 5.74) is 0. The Kier molecular flexibility index (Phi) is 18.0. The molecule has 0 unspecified atom stereocenters. The van der Waals surface area contributed by atoms with E-state index >= 15 is 0 Å². The van der Waals surface area contributed by atoms with Crippen LogP contribution in [0.15, 0.2) is 0 Å². The van der Waals surface area contributed by atoms with Crippen LogP contribution < -0.4 is 0 Å². The Balaban J connectivity index is 3.35. The minimum absolute atomic E-state index is 0.130. The van der Waals surface area contributed by atoms with Gasteiger partial charge in [0, 0.05) is 20.0 Å². The highest BCUT2D eigenvalue weighted by molar-refractivity contribution is 7.85. The van der Waals surface area contributed by atoms with Crippen LogP contribution in [0.5, 0.6) is 0 Å². The molecule has 6 heteroatoms. The molecule has 0 aromatic heterocycles. The van der Waals surface area contributed by atoms with E-state index in [1.165, 1.54) is 77.0 Å². The standard InChI is InChI=1S/C22H45NO4S/c1-3-4-5-6-7-8-9-10-11-12-13-14-15-16-19-22(24)23(2)20-17-18-21-28(25,26)27/h3-21H2,1-2H3,(H,25,26,27). The van der Waals surface area contributed by atoms with Crippen molar-refractivity contribution in [3.8, 4) is 0 Å². The SMILES string of the molecule is CCCCCCCCCCCCCCCCC(=O)N(C)CCCCS(=O)(=O)O. The average Bonchev–Trinajstić information content (AvgIpc) is 2.64. The molecular weight excluding hydrogens is 374 g/mol. The molecule has 0 bridgehead atoms. The van der Waals surface area contributed by atoms with Gasteiger partial charge in [0.05, 0.1) is 5.75 Å². The number of carbonyl (C=O) groups excluding carboxylic acids is 1. The lowest BCUT2D eigenvalue weighted by Gasteiger charge is -2.16. The van der Waals surface area contributed by atoms with Crippen molar-refractivity contribution in [3.05, 3.63) is 0 Å². The summed E-state index contributed by atoms with van der Waals surface area (Å²) in [7, 11) is -2.12. The molecule has 0 spiro atoms. The molecule has 1 amide bonds. The predicted molar refractivity (Wildman–Crippen MR) is 118 cm³/mol. The molecule has 0 saturated heterocycles. The normalized spacial score (nSPS) is 11.7. The van der Waals surface area contributed by atoms with Gasteiger partial charge in [0.25, 0.3) is 10.1 Å². The van der Waals surface area contributed by atoms with E-state index in [0.29, 0.717) is 25.8 Å². The molecule has 0 heterocycles. The molecule has 0 aliphatic heterocycles. The van der Waals surface area contributed by atoms with E-state index in [0.717, 1.165) is 12.8 Å². The monoisotopic (exact) mass is 419 g/mol. The second kappa shape index (κ2) is 18.4. The molecule has 0 saturated carbocycles. The smallest absolute Gasteiger partial charge is 0.264 e. The molecule has 0 aliphatic carbocycles. The number of carbonyl (C=O) groups is 1. The molecule has 0 rings (SSSR count). The number of unbranched alkanes of at least 4 members (excludes halogenated alkanes) is 14. The Labute approximate surface area is 174 Å². The van der Waals surface area contributed by atoms with Crippen LogP contribution in [0.2, 0.25) is 0 Å². The highest BCUT2D eigenvalue weighted by atomic mass is 32.2. The van der Waals surface area contributed by atoms with E-state index in [-0.39, 0.29) is 11.7 Å². The van der Waals surface area contributed by atoms with Crippen LogP contribution in [0.3, 0.4) is 0 Å². The van der Waals surface area contributed by atoms with Gasteiger partial charge in [-0.2, -0.15) is 8.42 Å². The van der Waals surface area contributed by atoms with Crippen molar-refractivity contribution in [1.29, 1.82) is 0 Å². The largest absolute Gasteiger partial charge is 0.346 e. The molecule has 0 aromatic carbocycles. The third-order valence-corrected chi connectivity index (χ3v) is 6.12. The zero-order chi connectivity index (χ0) is 21.1. The van der Waals surface area contributed by atoms with Crippen LogP contribution in [0, 0.1) is 0 Å². The first-order chi connectivity index (χ1) is 13.4. The predicted octanol–water partition coefficient (Wildman–Crippen LogP) is 5.98. The maximum Gasteiger partial charge on any atom is 0.264 e. The van der Waals surface area contributed by atoms with Crippen molar-refractivity contribution in [1.82, 2.24) is 4.90 Å². The fourth-order valence-electron chi connectivity index (χ4n) is 3.42. The van der Waals surface area contributed by atoms with Crippen molar-refractivity contribution in [2.24, 2.45) is 0 Å². The molecule has 0 aromatic rings. The van der Waals surface area contributed by atoms with Crippen LogP contribution >= 0.6 is 0 Å². The van der Waals surface area contributed by atoms with Crippen molar-refractivity contribution in [2.75, 3.05) is 19.3 Å². The second-order valence-electron chi connectivity index (χ2n) is 8.15. The summed E-state index contributed by atoms with van der Waals surface area (Å²) in [4.78, 5) is 13.7. The van der Waals surface area contributed by atoms with Gasteiger partial charge >= 0.3 is 0 Å². The van der Waals surface area contributed by atoms with Crippen molar-refractivity contribution < 1.29 is 17.8 Å². The van der Waals surface area contributed by atoms with Crippen LogP contribution in [-0.2, 0) is 14.9 Å². The van der Waals surface area contributed by atoms with Gasteiger partial charge in [-0.15, -0.1) is 0 Å². The van der Waals surface area contributed by atoms with Gasteiger partial charge in [0.1, 0.15) is 0 Å². The van der Waals surface area contributed by atoms with Crippen LogP contribution in [0.25, 0.3) is 0 Å². The van der Waals surface area contributed by atoms with E-state index in [1.807, 2.05) is 0 Å². The molecule has 0 radical (unpaired) electrons. The van der Waals surface area contributed by atoms with Gasteiger partial charge in [-0.05, 0) is 19.3 Å². The zero-order valence-corrected chi connectivity index (χ0v) is 19.3. The lowest BCUT2D eigenvalue weighted by molar-refractivity contribution is -0.130. The van der Waals surface area contributed by atoms with E-state index in [9.17, 15) is 13.2 Å². The first-order valence-electron chi connectivity index (χ1n) is 11.6. The molecule has 1 N–H and O–H groups in total. The van der Waals surface area contributed by atoms with Crippen LogP contribution in [0.4, 0.5) is 0 Å². The molecule has 168 valence electrons. The summed E-state index contributed by atoms with van der Waals surface area (Å²) >= 11 is 0.